The van der Waals surface area contributed by atoms with Crippen molar-refractivity contribution >= 4 is 0 Å². The molecule has 1 N–H and O–H groups in total. The Labute approximate surface area is 86.7 Å². The molecule has 1 aliphatic carbocycles. The van der Waals surface area contributed by atoms with E-state index in [2.05, 4.69) is 6.92 Å². The minimum absolute atomic E-state index is 0.158. The van der Waals surface area contributed by atoms with Gasteiger partial charge in [0.15, 0.2) is 0 Å². The Morgan fingerprint density at radius 2 is 2.07 bits per heavy atom. The van der Waals surface area contributed by atoms with Gasteiger partial charge in [0.05, 0.1) is 12.8 Å². The first-order valence-corrected chi connectivity index (χ1v) is 6.02. The van der Waals surface area contributed by atoms with Gasteiger partial charge in [-0.15, -0.1) is 0 Å². The molecule has 0 bridgehead atoms. The highest BCUT2D eigenvalue weighted by molar-refractivity contribution is 4.79. The van der Waals surface area contributed by atoms with Gasteiger partial charge >= 0.3 is 0 Å². The third-order valence-corrected chi connectivity index (χ3v) is 3.46. The highest BCUT2D eigenvalue weighted by Crippen LogP contribution is 2.34. The summed E-state index contributed by atoms with van der Waals surface area (Å²) in [5.41, 5.74) is 0. The first-order chi connectivity index (χ1) is 6.77. The van der Waals surface area contributed by atoms with Crippen LogP contribution in [0.3, 0.4) is 0 Å². The lowest BCUT2D eigenvalue weighted by Crippen LogP contribution is -2.29. The van der Waals surface area contributed by atoms with Crippen molar-refractivity contribution < 1.29 is 9.50 Å². The van der Waals surface area contributed by atoms with Gasteiger partial charge in [-0.2, -0.15) is 0 Å². The van der Waals surface area contributed by atoms with E-state index >= 15 is 0 Å². The molecule has 0 spiro atoms. The van der Waals surface area contributed by atoms with Gasteiger partial charge in [-0.25, -0.2) is 0 Å². The minimum atomic E-state index is -0.234. The monoisotopic (exact) mass is 202 g/mol. The van der Waals surface area contributed by atoms with Crippen LogP contribution >= 0.6 is 0 Å². The number of aliphatic hydroxyl groups is 1. The summed E-state index contributed by atoms with van der Waals surface area (Å²) in [5, 5.41) is 9.76. The van der Waals surface area contributed by atoms with Gasteiger partial charge in [0, 0.05) is 0 Å². The van der Waals surface area contributed by atoms with Crippen LogP contribution in [0, 0.1) is 11.8 Å². The first-order valence-electron chi connectivity index (χ1n) is 6.02. The van der Waals surface area contributed by atoms with Crippen LogP contribution in [-0.4, -0.2) is 17.9 Å². The van der Waals surface area contributed by atoms with Crippen LogP contribution in [0.25, 0.3) is 0 Å². The number of rotatable bonds is 5. The Morgan fingerprint density at radius 3 is 2.71 bits per heavy atom. The van der Waals surface area contributed by atoms with Crippen LogP contribution in [0.5, 0.6) is 0 Å². The molecule has 0 amide bonds. The van der Waals surface area contributed by atoms with E-state index in [-0.39, 0.29) is 12.8 Å². The standard InChI is InChI=1S/C12H23FO/c1-2-4-10-6-7-12(14)11(9-10)5-3-8-13/h10-12,14H,2-9H2,1H3. The van der Waals surface area contributed by atoms with Crippen LogP contribution in [-0.2, 0) is 0 Å². The van der Waals surface area contributed by atoms with Gasteiger partial charge in [-0.05, 0) is 43.9 Å². The first kappa shape index (κ1) is 12.0. The molecule has 0 aromatic rings. The molecule has 1 saturated carbocycles. The van der Waals surface area contributed by atoms with Crippen molar-refractivity contribution in [2.24, 2.45) is 11.8 Å². The van der Waals surface area contributed by atoms with Crippen molar-refractivity contribution in [1.82, 2.24) is 0 Å². The molecule has 1 nitrogen and oxygen atoms in total. The molecule has 0 aromatic carbocycles. The molecule has 3 atom stereocenters. The second-order valence-electron chi connectivity index (χ2n) is 4.63. The fourth-order valence-corrected chi connectivity index (χ4v) is 2.67. The fourth-order valence-electron chi connectivity index (χ4n) is 2.67. The van der Waals surface area contributed by atoms with E-state index in [1.807, 2.05) is 0 Å². The summed E-state index contributed by atoms with van der Waals surface area (Å²) < 4.78 is 12.0. The summed E-state index contributed by atoms with van der Waals surface area (Å²) in [7, 11) is 0. The van der Waals surface area contributed by atoms with Crippen molar-refractivity contribution in [3.05, 3.63) is 0 Å². The summed E-state index contributed by atoms with van der Waals surface area (Å²) in [6.45, 7) is 1.98. The molecule has 1 aliphatic rings. The van der Waals surface area contributed by atoms with Gasteiger partial charge in [0.25, 0.3) is 0 Å². The third kappa shape index (κ3) is 3.56. The van der Waals surface area contributed by atoms with Gasteiger partial charge in [-0.1, -0.05) is 19.8 Å². The van der Waals surface area contributed by atoms with Crippen molar-refractivity contribution in [3.8, 4) is 0 Å². The van der Waals surface area contributed by atoms with Crippen molar-refractivity contribution in [3.63, 3.8) is 0 Å². The quantitative estimate of drug-likeness (QED) is 0.725. The Bertz CT molecular complexity index is 149. The summed E-state index contributed by atoms with van der Waals surface area (Å²) in [6.07, 6.45) is 7.07. The molecule has 1 fully saturated rings. The molecular weight excluding hydrogens is 179 g/mol. The zero-order valence-corrected chi connectivity index (χ0v) is 9.21. The highest BCUT2D eigenvalue weighted by Gasteiger charge is 2.27. The van der Waals surface area contributed by atoms with E-state index in [4.69, 9.17) is 0 Å². The lowest BCUT2D eigenvalue weighted by atomic mass is 9.76. The van der Waals surface area contributed by atoms with Gasteiger partial charge in [-0.3, -0.25) is 4.39 Å². The van der Waals surface area contributed by atoms with E-state index in [1.165, 1.54) is 19.3 Å². The average molecular weight is 202 g/mol. The molecule has 14 heavy (non-hydrogen) atoms. The Balaban J connectivity index is 2.30. The summed E-state index contributed by atoms with van der Waals surface area (Å²) in [4.78, 5) is 0. The molecule has 0 aliphatic heterocycles. The zero-order valence-electron chi connectivity index (χ0n) is 9.21. The average Bonchev–Trinajstić information content (AvgIpc) is 2.19. The molecule has 0 saturated heterocycles. The second-order valence-corrected chi connectivity index (χ2v) is 4.63. The predicted octanol–water partition coefficient (Wildman–Crippen LogP) is 3.31. The summed E-state index contributed by atoms with van der Waals surface area (Å²) in [6, 6.07) is 0. The maximum Gasteiger partial charge on any atom is 0.0894 e. The second kappa shape index (κ2) is 6.39. The third-order valence-electron chi connectivity index (χ3n) is 3.46. The summed E-state index contributed by atoms with van der Waals surface area (Å²) in [5.74, 6) is 1.16. The zero-order chi connectivity index (χ0) is 10.4. The van der Waals surface area contributed by atoms with Gasteiger partial charge in [0.1, 0.15) is 0 Å². The largest absolute Gasteiger partial charge is 0.393 e. The number of aliphatic hydroxyl groups excluding tert-OH is 1. The Kier molecular flexibility index (Phi) is 5.46. The van der Waals surface area contributed by atoms with Crippen LogP contribution in [0.15, 0.2) is 0 Å². The van der Waals surface area contributed by atoms with E-state index < -0.39 is 0 Å². The van der Waals surface area contributed by atoms with E-state index in [0.29, 0.717) is 12.3 Å². The lowest BCUT2D eigenvalue weighted by Gasteiger charge is -2.33. The minimum Gasteiger partial charge on any atom is -0.393 e. The van der Waals surface area contributed by atoms with Crippen LogP contribution < -0.4 is 0 Å². The number of hydrogen-bond donors (Lipinski definition) is 1. The summed E-state index contributed by atoms with van der Waals surface area (Å²) >= 11 is 0. The molecule has 0 radical (unpaired) electrons. The molecule has 0 aromatic heterocycles. The predicted molar refractivity (Wildman–Crippen MR) is 57.0 cm³/mol. The molecule has 84 valence electrons. The molecule has 3 unspecified atom stereocenters. The van der Waals surface area contributed by atoms with Crippen LogP contribution in [0.1, 0.15) is 51.9 Å². The van der Waals surface area contributed by atoms with E-state index in [1.54, 1.807) is 0 Å². The highest BCUT2D eigenvalue weighted by atomic mass is 19.1. The number of alkyl halides is 1. The topological polar surface area (TPSA) is 20.2 Å². The van der Waals surface area contributed by atoms with Crippen LogP contribution in [0.2, 0.25) is 0 Å². The molecule has 2 heteroatoms. The Morgan fingerprint density at radius 1 is 1.29 bits per heavy atom. The Hall–Kier alpha value is -0.110. The molecule has 0 heterocycles. The maximum atomic E-state index is 12.0. The van der Waals surface area contributed by atoms with Crippen molar-refractivity contribution in [1.29, 1.82) is 0 Å². The van der Waals surface area contributed by atoms with Crippen molar-refractivity contribution in [2.45, 2.75) is 58.0 Å². The smallest absolute Gasteiger partial charge is 0.0894 e. The molecule has 1 rings (SSSR count). The lowest BCUT2D eigenvalue weighted by molar-refractivity contribution is 0.0401. The van der Waals surface area contributed by atoms with Gasteiger partial charge in [0.2, 0.25) is 0 Å². The van der Waals surface area contributed by atoms with E-state index in [0.717, 1.165) is 25.2 Å². The SMILES string of the molecule is CCCC1CCC(O)C(CCCF)C1. The van der Waals surface area contributed by atoms with Gasteiger partial charge < -0.3 is 5.11 Å². The van der Waals surface area contributed by atoms with Crippen LogP contribution in [0.4, 0.5) is 4.39 Å². The normalized spacial score (nSPS) is 33.2. The maximum absolute atomic E-state index is 12.0. The van der Waals surface area contributed by atoms with Crippen molar-refractivity contribution in [2.75, 3.05) is 6.67 Å². The fraction of sp³-hybridized carbons (Fsp3) is 1.00. The number of hydrogen-bond acceptors (Lipinski definition) is 1. The van der Waals surface area contributed by atoms with E-state index in [9.17, 15) is 9.50 Å². The number of halogens is 1. The molecular formula is C12H23FO.